The highest BCUT2D eigenvalue weighted by Gasteiger charge is 2.39. The predicted octanol–water partition coefficient (Wildman–Crippen LogP) is 2.82. The molecule has 0 aromatic heterocycles. The first kappa shape index (κ1) is 19.7. The average Bonchev–Trinajstić information content (AvgIpc) is 3.17. The third kappa shape index (κ3) is 4.26. The fourth-order valence-electron chi connectivity index (χ4n) is 3.18. The molecule has 144 valence electrons. The van der Waals surface area contributed by atoms with Crippen molar-refractivity contribution in [1.29, 1.82) is 0 Å². The lowest BCUT2D eigenvalue weighted by Gasteiger charge is -2.23. The fourth-order valence-corrected chi connectivity index (χ4v) is 4.96. The maximum absolute atomic E-state index is 12.9. The molecule has 2 aromatic carbocycles. The third-order valence-electron chi connectivity index (χ3n) is 4.57. The first-order valence-corrected chi connectivity index (χ1v) is 10.4. The number of methoxy groups -OCH3 is 1. The zero-order chi connectivity index (χ0) is 19.4. The molecule has 1 saturated heterocycles. The summed E-state index contributed by atoms with van der Waals surface area (Å²) in [4.78, 5) is 12.8. The third-order valence-corrected chi connectivity index (χ3v) is 6.75. The Balaban J connectivity index is 1.73. The van der Waals surface area contributed by atoms with E-state index in [1.165, 1.54) is 28.6 Å². The Kier molecular flexibility index (Phi) is 6.04. The van der Waals surface area contributed by atoms with Crippen LogP contribution < -0.4 is 10.1 Å². The number of rotatable bonds is 6. The number of hydrogen-bond acceptors (Lipinski definition) is 4. The molecule has 1 amide bonds. The van der Waals surface area contributed by atoms with Crippen molar-refractivity contribution >= 4 is 27.5 Å². The van der Waals surface area contributed by atoms with E-state index in [1.54, 1.807) is 7.11 Å². The highest BCUT2D eigenvalue weighted by Crippen LogP contribution is 2.27. The van der Waals surface area contributed by atoms with E-state index in [-0.39, 0.29) is 17.3 Å². The van der Waals surface area contributed by atoms with Crippen LogP contribution in [0.3, 0.4) is 0 Å². The van der Waals surface area contributed by atoms with Crippen LogP contribution in [-0.4, -0.2) is 38.3 Å². The Morgan fingerprint density at radius 1 is 1.22 bits per heavy atom. The molecule has 1 N–H and O–H groups in total. The molecule has 0 saturated carbocycles. The predicted molar refractivity (Wildman–Crippen MR) is 103 cm³/mol. The van der Waals surface area contributed by atoms with Crippen molar-refractivity contribution in [1.82, 2.24) is 9.62 Å². The molecule has 0 spiro atoms. The topological polar surface area (TPSA) is 75.7 Å². The van der Waals surface area contributed by atoms with E-state index in [0.717, 1.165) is 5.56 Å². The van der Waals surface area contributed by atoms with Crippen LogP contribution in [-0.2, 0) is 21.4 Å². The highest BCUT2D eigenvalue weighted by molar-refractivity contribution is 7.89. The molecular weight excluding hydrogens is 388 g/mol. The van der Waals surface area contributed by atoms with Crippen LogP contribution in [0.15, 0.2) is 53.4 Å². The lowest BCUT2D eigenvalue weighted by molar-refractivity contribution is -0.124. The van der Waals surface area contributed by atoms with Crippen molar-refractivity contribution in [3.8, 4) is 5.75 Å². The molecule has 3 rings (SSSR count). The number of ether oxygens (including phenoxy) is 1. The summed E-state index contributed by atoms with van der Waals surface area (Å²) < 4.78 is 32.4. The first-order chi connectivity index (χ1) is 12.9. The molecular formula is C19H21ClN2O4S. The Morgan fingerprint density at radius 2 is 1.93 bits per heavy atom. The van der Waals surface area contributed by atoms with Crippen molar-refractivity contribution < 1.29 is 17.9 Å². The van der Waals surface area contributed by atoms with Crippen molar-refractivity contribution in [2.24, 2.45) is 0 Å². The molecule has 2 aromatic rings. The second-order valence-electron chi connectivity index (χ2n) is 6.26. The molecule has 1 aliphatic heterocycles. The molecule has 1 atom stereocenters. The Bertz CT molecular complexity index is 916. The number of halogens is 1. The van der Waals surface area contributed by atoms with Crippen LogP contribution in [0, 0.1) is 0 Å². The van der Waals surface area contributed by atoms with Crippen molar-refractivity contribution in [3.63, 3.8) is 0 Å². The van der Waals surface area contributed by atoms with E-state index in [2.05, 4.69) is 5.32 Å². The molecule has 0 radical (unpaired) electrons. The summed E-state index contributed by atoms with van der Waals surface area (Å²) >= 11 is 5.84. The van der Waals surface area contributed by atoms with Crippen LogP contribution in [0.25, 0.3) is 0 Å². The van der Waals surface area contributed by atoms with Crippen LogP contribution in [0.1, 0.15) is 18.4 Å². The summed E-state index contributed by atoms with van der Waals surface area (Å²) in [6.07, 6.45) is 1.13. The number of carbonyl (C=O) groups is 1. The van der Waals surface area contributed by atoms with Crippen LogP contribution in [0.5, 0.6) is 5.75 Å². The Labute approximate surface area is 164 Å². The average molecular weight is 409 g/mol. The highest BCUT2D eigenvalue weighted by atomic mass is 35.5. The van der Waals surface area contributed by atoms with Gasteiger partial charge in [-0.3, -0.25) is 4.79 Å². The van der Waals surface area contributed by atoms with Crippen molar-refractivity contribution in [2.75, 3.05) is 13.7 Å². The number of hydrogen-bond donors (Lipinski definition) is 1. The minimum absolute atomic E-state index is 0.135. The lowest BCUT2D eigenvalue weighted by atomic mass is 10.2. The molecule has 0 aliphatic carbocycles. The first-order valence-electron chi connectivity index (χ1n) is 8.60. The summed E-state index contributed by atoms with van der Waals surface area (Å²) in [5.41, 5.74) is 0.832. The van der Waals surface area contributed by atoms with E-state index in [1.807, 2.05) is 24.3 Å². The summed E-state index contributed by atoms with van der Waals surface area (Å²) in [6, 6.07) is 12.6. The van der Waals surface area contributed by atoms with Gasteiger partial charge in [0.2, 0.25) is 15.9 Å². The zero-order valence-electron chi connectivity index (χ0n) is 14.9. The van der Waals surface area contributed by atoms with Crippen molar-refractivity contribution in [2.45, 2.75) is 30.3 Å². The maximum Gasteiger partial charge on any atom is 0.243 e. The fraction of sp³-hybridized carbons (Fsp3) is 0.316. The van der Waals surface area contributed by atoms with Crippen molar-refractivity contribution in [3.05, 3.63) is 59.1 Å². The molecule has 1 aliphatic rings. The van der Waals surface area contributed by atoms with E-state index in [4.69, 9.17) is 16.3 Å². The van der Waals surface area contributed by atoms with Gasteiger partial charge in [-0.2, -0.15) is 4.31 Å². The smallest absolute Gasteiger partial charge is 0.243 e. The Hall–Kier alpha value is -2.09. The number of para-hydroxylation sites is 1. The Morgan fingerprint density at radius 3 is 2.63 bits per heavy atom. The van der Waals surface area contributed by atoms with Gasteiger partial charge in [-0.15, -0.1) is 0 Å². The van der Waals surface area contributed by atoms with Gasteiger partial charge in [-0.25, -0.2) is 8.42 Å². The van der Waals surface area contributed by atoms with Gasteiger partial charge in [0.05, 0.1) is 12.0 Å². The minimum atomic E-state index is -3.76. The number of nitrogens with one attached hydrogen (secondary N) is 1. The molecule has 27 heavy (non-hydrogen) atoms. The van der Waals surface area contributed by atoms with Gasteiger partial charge in [-0.1, -0.05) is 29.8 Å². The largest absolute Gasteiger partial charge is 0.496 e. The number of carbonyl (C=O) groups excluding carboxylic acids is 1. The van der Waals surface area contributed by atoms with Gasteiger partial charge in [-0.05, 0) is 43.2 Å². The van der Waals surface area contributed by atoms with E-state index < -0.39 is 16.1 Å². The number of sulfonamides is 1. The van der Waals surface area contributed by atoms with Gasteiger partial charge in [0.1, 0.15) is 11.8 Å². The molecule has 1 heterocycles. The number of benzene rings is 2. The number of amides is 1. The summed E-state index contributed by atoms with van der Waals surface area (Å²) in [6.45, 7) is 0.589. The number of nitrogens with zero attached hydrogens (tertiary/aromatic N) is 1. The lowest BCUT2D eigenvalue weighted by Crippen LogP contribution is -2.45. The monoisotopic (exact) mass is 408 g/mol. The summed E-state index contributed by atoms with van der Waals surface area (Å²) in [5.74, 6) is 0.366. The van der Waals surface area contributed by atoms with E-state index >= 15 is 0 Å². The van der Waals surface area contributed by atoms with Crippen LogP contribution in [0.2, 0.25) is 5.02 Å². The second-order valence-corrected chi connectivity index (χ2v) is 8.58. The van der Waals surface area contributed by atoms with Gasteiger partial charge < -0.3 is 10.1 Å². The van der Waals surface area contributed by atoms with Gasteiger partial charge in [0.15, 0.2) is 0 Å². The minimum Gasteiger partial charge on any atom is -0.496 e. The van der Waals surface area contributed by atoms with E-state index in [0.29, 0.717) is 30.2 Å². The van der Waals surface area contributed by atoms with Crippen LogP contribution >= 0.6 is 11.6 Å². The second kappa shape index (κ2) is 8.29. The molecule has 1 fully saturated rings. The summed E-state index contributed by atoms with van der Waals surface area (Å²) in [5, 5.41) is 3.29. The molecule has 0 unspecified atom stereocenters. The van der Waals surface area contributed by atoms with Gasteiger partial charge in [0.25, 0.3) is 0 Å². The normalized spacial score (nSPS) is 17.6. The molecule has 0 bridgehead atoms. The van der Waals surface area contributed by atoms with Gasteiger partial charge >= 0.3 is 0 Å². The van der Waals surface area contributed by atoms with Gasteiger partial charge in [0, 0.05) is 23.7 Å². The zero-order valence-corrected chi connectivity index (χ0v) is 16.5. The SMILES string of the molecule is COc1ccccc1CNC(=O)[C@@H]1CCCN1S(=O)(=O)c1ccc(Cl)cc1. The maximum atomic E-state index is 12.9. The molecule has 8 heteroatoms. The molecule has 6 nitrogen and oxygen atoms in total. The standard InChI is InChI=1S/C19H21ClN2O4S/c1-26-18-7-3-2-5-14(18)13-21-19(23)17-6-4-12-22(17)27(24,25)16-10-8-15(20)9-11-16/h2-3,5,7-11,17H,4,6,12-13H2,1H3,(H,21,23)/t17-/m0/s1. The summed E-state index contributed by atoms with van der Waals surface area (Å²) in [7, 11) is -2.19. The quantitative estimate of drug-likeness (QED) is 0.797. The van der Waals surface area contributed by atoms with Crippen LogP contribution in [0.4, 0.5) is 0 Å². The van der Waals surface area contributed by atoms with E-state index in [9.17, 15) is 13.2 Å².